The highest BCUT2D eigenvalue weighted by Crippen LogP contribution is 2.09. The molecule has 0 aromatic heterocycles. The number of hydrazone groups is 1. The molecule has 3 rings (SSSR count). The molecule has 124 valence electrons. The lowest BCUT2D eigenvalue weighted by Crippen LogP contribution is -2.20. The summed E-state index contributed by atoms with van der Waals surface area (Å²) in [5, 5.41) is 4.40. The Morgan fingerprint density at radius 1 is 0.680 bits per heavy atom. The SMILES string of the molecule is O=C(Cc1ccccc1)C(Cc1ccccc1)=NNc1ccccc1. The topological polar surface area (TPSA) is 41.5 Å². The molecule has 3 nitrogen and oxygen atoms in total. The van der Waals surface area contributed by atoms with Gasteiger partial charge in [0, 0.05) is 12.8 Å². The zero-order chi connectivity index (χ0) is 17.3. The molecule has 0 saturated heterocycles. The van der Waals surface area contributed by atoms with Gasteiger partial charge < -0.3 is 0 Å². The lowest BCUT2D eigenvalue weighted by molar-refractivity contribution is -0.112. The predicted octanol–water partition coefficient (Wildman–Crippen LogP) is 4.51. The second-order valence-electron chi connectivity index (χ2n) is 5.78. The lowest BCUT2D eigenvalue weighted by atomic mass is 10.0. The van der Waals surface area contributed by atoms with Gasteiger partial charge in [-0.2, -0.15) is 5.10 Å². The Hall–Kier alpha value is -3.20. The molecule has 0 radical (unpaired) electrons. The van der Waals surface area contributed by atoms with Gasteiger partial charge in [0.25, 0.3) is 0 Å². The van der Waals surface area contributed by atoms with E-state index in [1.807, 2.05) is 91.0 Å². The number of nitrogens with one attached hydrogen (secondary N) is 1. The van der Waals surface area contributed by atoms with Gasteiger partial charge in [-0.1, -0.05) is 78.9 Å². The number of Topliss-reactive ketones (excluding diaryl/α,β-unsaturated/α-hetero) is 1. The maximum Gasteiger partial charge on any atom is 0.183 e. The highest BCUT2D eigenvalue weighted by molar-refractivity contribution is 6.40. The van der Waals surface area contributed by atoms with E-state index >= 15 is 0 Å². The third kappa shape index (κ3) is 5.15. The molecule has 25 heavy (non-hydrogen) atoms. The molecule has 0 amide bonds. The molecule has 0 spiro atoms. The summed E-state index contributed by atoms with van der Waals surface area (Å²) in [5.74, 6) is 0.0264. The Balaban J connectivity index is 1.79. The van der Waals surface area contributed by atoms with Crippen LogP contribution < -0.4 is 5.43 Å². The lowest BCUT2D eigenvalue weighted by Gasteiger charge is -2.08. The van der Waals surface area contributed by atoms with Gasteiger partial charge in [-0.15, -0.1) is 0 Å². The Morgan fingerprint density at radius 2 is 1.16 bits per heavy atom. The van der Waals surface area contributed by atoms with Crippen molar-refractivity contribution in [2.45, 2.75) is 12.8 Å². The zero-order valence-corrected chi connectivity index (χ0v) is 13.9. The van der Waals surface area contributed by atoms with Crippen molar-refractivity contribution in [3.05, 3.63) is 102 Å². The number of rotatable bonds is 7. The normalized spacial score (nSPS) is 11.1. The van der Waals surface area contributed by atoms with E-state index in [-0.39, 0.29) is 5.78 Å². The van der Waals surface area contributed by atoms with Crippen LogP contribution in [0.1, 0.15) is 11.1 Å². The fourth-order valence-corrected chi connectivity index (χ4v) is 2.52. The van der Waals surface area contributed by atoms with Crippen molar-refractivity contribution in [3.63, 3.8) is 0 Å². The second kappa shape index (κ2) is 8.60. The number of nitrogens with zero attached hydrogens (tertiary/aromatic N) is 1. The molecular formula is C22H20N2O. The summed E-state index contributed by atoms with van der Waals surface area (Å²) in [6.07, 6.45) is 0.856. The number of para-hydroxylation sites is 1. The van der Waals surface area contributed by atoms with Crippen molar-refractivity contribution in [2.75, 3.05) is 5.43 Å². The number of hydrogen-bond acceptors (Lipinski definition) is 3. The molecule has 0 fully saturated rings. The van der Waals surface area contributed by atoms with Gasteiger partial charge >= 0.3 is 0 Å². The van der Waals surface area contributed by atoms with E-state index in [1.54, 1.807) is 0 Å². The zero-order valence-electron chi connectivity index (χ0n) is 13.9. The molecule has 3 aromatic carbocycles. The summed E-state index contributed by atoms with van der Waals surface area (Å²) < 4.78 is 0. The number of hydrogen-bond donors (Lipinski definition) is 1. The first-order valence-electron chi connectivity index (χ1n) is 8.30. The molecule has 0 aliphatic rings. The Bertz CT molecular complexity index is 828. The Labute approximate surface area is 148 Å². The largest absolute Gasteiger partial charge is 0.292 e. The van der Waals surface area contributed by atoms with E-state index in [2.05, 4.69) is 10.5 Å². The van der Waals surface area contributed by atoms with Gasteiger partial charge in [-0.25, -0.2) is 0 Å². The summed E-state index contributed by atoms with van der Waals surface area (Å²) >= 11 is 0. The summed E-state index contributed by atoms with van der Waals surface area (Å²) in [6, 6.07) is 29.3. The van der Waals surface area contributed by atoms with Crippen molar-refractivity contribution >= 4 is 17.2 Å². The number of ketones is 1. The van der Waals surface area contributed by atoms with Gasteiger partial charge in [0.2, 0.25) is 0 Å². The van der Waals surface area contributed by atoms with Crippen molar-refractivity contribution in [3.8, 4) is 0 Å². The summed E-state index contributed by atoms with van der Waals surface area (Å²) in [7, 11) is 0. The first-order chi connectivity index (χ1) is 12.3. The van der Waals surface area contributed by atoms with Crippen LogP contribution in [0.2, 0.25) is 0 Å². The first-order valence-corrected chi connectivity index (χ1v) is 8.30. The smallest absolute Gasteiger partial charge is 0.183 e. The second-order valence-corrected chi connectivity index (χ2v) is 5.78. The van der Waals surface area contributed by atoms with Crippen LogP contribution in [0.4, 0.5) is 5.69 Å². The molecule has 0 bridgehead atoms. The number of benzene rings is 3. The van der Waals surface area contributed by atoms with Crippen LogP contribution >= 0.6 is 0 Å². The third-order valence-electron chi connectivity index (χ3n) is 3.84. The van der Waals surface area contributed by atoms with Gasteiger partial charge in [0.05, 0.1) is 5.69 Å². The van der Waals surface area contributed by atoms with E-state index in [9.17, 15) is 4.79 Å². The van der Waals surface area contributed by atoms with Crippen LogP contribution in [0, 0.1) is 0 Å². The molecule has 1 N–H and O–H groups in total. The Kier molecular flexibility index (Phi) is 5.73. The number of anilines is 1. The quantitative estimate of drug-likeness (QED) is 0.512. The molecule has 0 heterocycles. The molecule has 3 aromatic rings. The summed E-state index contributed by atoms with van der Waals surface area (Å²) in [5.41, 5.74) is 6.45. The van der Waals surface area contributed by atoms with E-state index in [0.29, 0.717) is 18.6 Å². The maximum absolute atomic E-state index is 12.8. The molecule has 0 unspecified atom stereocenters. The Morgan fingerprint density at radius 3 is 1.72 bits per heavy atom. The molecule has 0 saturated carbocycles. The van der Waals surface area contributed by atoms with E-state index < -0.39 is 0 Å². The van der Waals surface area contributed by atoms with Crippen LogP contribution in [0.15, 0.2) is 96.1 Å². The third-order valence-corrected chi connectivity index (χ3v) is 3.84. The first kappa shape index (κ1) is 16.7. The predicted molar refractivity (Wildman–Crippen MR) is 103 cm³/mol. The van der Waals surface area contributed by atoms with Crippen LogP contribution in [-0.4, -0.2) is 11.5 Å². The van der Waals surface area contributed by atoms with Crippen LogP contribution in [0.5, 0.6) is 0 Å². The van der Waals surface area contributed by atoms with E-state index in [0.717, 1.165) is 16.8 Å². The van der Waals surface area contributed by atoms with Crippen molar-refractivity contribution in [1.29, 1.82) is 0 Å². The minimum absolute atomic E-state index is 0.0264. The monoisotopic (exact) mass is 328 g/mol. The highest BCUT2D eigenvalue weighted by Gasteiger charge is 2.13. The van der Waals surface area contributed by atoms with Crippen LogP contribution in [0.25, 0.3) is 0 Å². The molecule has 0 atom stereocenters. The summed E-state index contributed by atoms with van der Waals surface area (Å²) in [6.45, 7) is 0. The fraction of sp³-hybridized carbons (Fsp3) is 0.0909. The average molecular weight is 328 g/mol. The standard InChI is InChI=1S/C22H20N2O/c25-22(17-19-12-6-2-7-13-19)21(16-18-10-4-1-5-11-18)24-23-20-14-8-3-9-15-20/h1-15,23H,16-17H2. The number of carbonyl (C=O) groups is 1. The van der Waals surface area contributed by atoms with Crippen LogP contribution in [-0.2, 0) is 17.6 Å². The molecule has 0 aliphatic carbocycles. The minimum Gasteiger partial charge on any atom is -0.292 e. The van der Waals surface area contributed by atoms with E-state index in [4.69, 9.17) is 0 Å². The van der Waals surface area contributed by atoms with Crippen molar-refractivity contribution < 1.29 is 4.79 Å². The molecular weight excluding hydrogens is 308 g/mol. The maximum atomic E-state index is 12.8. The van der Waals surface area contributed by atoms with Gasteiger partial charge in [-0.05, 0) is 23.3 Å². The number of carbonyl (C=O) groups excluding carboxylic acids is 1. The van der Waals surface area contributed by atoms with Crippen molar-refractivity contribution in [2.24, 2.45) is 5.10 Å². The molecule has 3 heteroatoms. The summed E-state index contributed by atoms with van der Waals surface area (Å²) in [4.78, 5) is 12.8. The fourth-order valence-electron chi connectivity index (χ4n) is 2.52. The van der Waals surface area contributed by atoms with Gasteiger partial charge in [0.15, 0.2) is 5.78 Å². The van der Waals surface area contributed by atoms with E-state index in [1.165, 1.54) is 0 Å². The van der Waals surface area contributed by atoms with Crippen LogP contribution in [0.3, 0.4) is 0 Å². The molecule has 0 aliphatic heterocycles. The highest BCUT2D eigenvalue weighted by atomic mass is 16.1. The average Bonchev–Trinajstić information content (AvgIpc) is 2.67. The minimum atomic E-state index is 0.0264. The van der Waals surface area contributed by atoms with Gasteiger partial charge in [0.1, 0.15) is 5.71 Å². The van der Waals surface area contributed by atoms with Crippen molar-refractivity contribution in [1.82, 2.24) is 0 Å². The van der Waals surface area contributed by atoms with Gasteiger partial charge in [-0.3, -0.25) is 10.2 Å².